The second-order valence-corrected chi connectivity index (χ2v) is 4.46. The summed E-state index contributed by atoms with van der Waals surface area (Å²) in [5, 5.41) is 6.87. The van der Waals surface area contributed by atoms with E-state index >= 15 is 0 Å². The highest BCUT2D eigenvalue weighted by Crippen LogP contribution is 2.15. The largest absolute Gasteiger partial charge is 0.464 e. The molecule has 0 amide bonds. The predicted molar refractivity (Wildman–Crippen MR) is 70.2 cm³/mol. The number of rotatable bonds is 2. The molecule has 90 valence electrons. The molecule has 1 saturated heterocycles. The fourth-order valence-corrected chi connectivity index (χ4v) is 1.97. The van der Waals surface area contributed by atoms with Gasteiger partial charge in [0.1, 0.15) is 6.04 Å². The summed E-state index contributed by atoms with van der Waals surface area (Å²) in [6, 6.07) is 6.83. The quantitative estimate of drug-likeness (QED) is 0.635. The summed E-state index contributed by atoms with van der Waals surface area (Å²) in [6.07, 6.45) is 0.635. The molecule has 1 aliphatic heterocycles. The van der Waals surface area contributed by atoms with Gasteiger partial charge in [-0.15, -0.1) is 0 Å². The van der Waals surface area contributed by atoms with E-state index in [1.165, 1.54) is 0 Å². The number of ether oxygens (including phenoxy) is 1. The summed E-state index contributed by atoms with van der Waals surface area (Å²) in [5.74, 6) is -0.264. The number of thiocarbonyl (C=S) groups is 1. The van der Waals surface area contributed by atoms with Crippen LogP contribution in [0.1, 0.15) is 6.42 Å². The molecule has 6 heteroatoms. The number of anilines is 1. The van der Waals surface area contributed by atoms with Gasteiger partial charge in [-0.05, 0) is 30.4 Å². The number of cyclic esters (lactones) is 1. The van der Waals surface area contributed by atoms with Gasteiger partial charge in [-0.1, -0.05) is 17.7 Å². The first-order valence-corrected chi connectivity index (χ1v) is 5.93. The van der Waals surface area contributed by atoms with Gasteiger partial charge in [0.05, 0.1) is 6.61 Å². The molecule has 1 heterocycles. The molecule has 1 aromatic carbocycles. The first-order chi connectivity index (χ1) is 8.15. The van der Waals surface area contributed by atoms with Crippen molar-refractivity contribution in [3.63, 3.8) is 0 Å². The third-order valence-corrected chi connectivity index (χ3v) is 2.78. The minimum Gasteiger partial charge on any atom is -0.464 e. The molecule has 0 radical (unpaired) electrons. The maximum atomic E-state index is 11.2. The van der Waals surface area contributed by atoms with E-state index in [1.807, 2.05) is 12.1 Å². The van der Waals surface area contributed by atoms with Crippen LogP contribution < -0.4 is 10.6 Å². The molecule has 2 N–H and O–H groups in total. The number of hydrogen-bond acceptors (Lipinski definition) is 3. The summed E-state index contributed by atoms with van der Waals surface area (Å²) in [7, 11) is 0. The van der Waals surface area contributed by atoms with Crippen molar-refractivity contribution in [2.45, 2.75) is 12.5 Å². The van der Waals surface area contributed by atoms with Crippen LogP contribution in [0.2, 0.25) is 5.02 Å². The number of carbonyl (C=O) groups excluding carboxylic acids is 1. The van der Waals surface area contributed by atoms with Crippen LogP contribution in [-0.4, -0.2) is 23.7 Å². The van der Waals surface area contributed by atoms with Gasteiger partial charge in [0.2, 0.25) is 0 Å². The zero-order valence-corrected chi connectivity index (χ0v) is 10.5. The normalized spacial score (nSPS) is 18.6. The Bertz CT molecular complexity index is 453. The van der Waals surface area contributed by atoms with Crippen LogP contribution in [-0.2, 0) is 9.53 Å². The van der Waals surface area contributed by atoms with Crippen molar-refractivity contribution in [3.8, 4) is 0 Å². The standard InChI is InChI=1S/C11H11ClN2O2S/c12-7-2-1-3-8(6-7)13-11(17)14-9-4-5-16-10(9)15/h1-3,6,9H,4-5H2,(H2,13,14,17). The number of carbonyl (C=O) groups is 1. The summed E-state index contributed by atoms with van der Waals surface area (Å²) in [4.78, 5) is 11.2. The zero-order valence-electron chi connectivity index (χ0n) is 8.90. The first kappa shape index (κ1) is 12.1. The third kappa shape index (κ3) is 3.31. The molecule has 1 fully saturated rings. The van der Waals surface area contributed by atoms with E-state index in [9.17, 15) is 4.79 Å². The van der Waals surface area contributed by atoms with Crippen LogP contribution in [0, 0.1) is 0 Å². The number of benzene rings is 1. The van der Waals surface area contributed by atoms with Gasteiger partial charge in [0, 0.05) is 17.1 Å². The summed E-state index contributed by atoms with van der Waals surface area (Å²) >= 11 is 10.9. The molecule has 1 atom stereocenters. The van der Waals surface area contributed by atoms with E-state index in [0.717, 1.165) is 5.69 Å². The van der Waals surface area contributed by atoms with E-state index in [4.69, 9.17) is 28.6 Å². The van der Waals surface area contributed by atoms with Gasteiger partial charge >= 0.3 is 5.97 Å². The average molecular weight is 271 g/mol. The first-order valence-electron chi connectivity index (χ1n) is 5.15. The van der Waals surface area contributed by atoms with E-state index in [2.05, 4.69) is 10.6 Å². The topological polar surface area (TPSA) is 50.4 Å². The minimum atomic E-state index is -0.353. The monoisotopic (exact) mass is 270 g/mol. The van der Waals surface area contributed by atoms with Crippen LogP contribution in [0.3, 0.4) is 0 Å². The van der Waals surface area contributed by atoms with Crippen molar-refractivity contribution in [2.24, 2.45) is 0 Å². The molecule has 2 rings (SSSR count). The molecule has 0 bridgehead atoms. The third-order valence-electron chi connectivity index (χ3n) is 2.32. The summed E-state index contributed by atoms with van der Waals surface area (Å²) in [5.41, 5.74) is 0.779. The number of nitrogens with one attached hydrogen (secondary N) is 2. The van der Waals surface area contributed by atoms with Gasteiger partial charge < -0.3 is 15.4 Å². The minimum absolute atomic E-state index is 0.264. The lowest BCUT2D eigenvalue weighted by Crippen LogP contribution is -2.40. The molecule has 0 spiro atoms. The van der Waals surface area contributed by atoms with Crippen molar-refractivity contribution in [3.05, 3.63) is 29.3 Å². The second-order valence-electron chi connectivity index (χ2n) is 3.62. The van der Waals surface area contributed by atoms with Crippen LogP contribution in [0.25, 0.3) is 0 Å². The molecule has 1 unspecified atom stereocenters. The van der Waals surface area contributed by atoms with Crippen molar-refractivity contribution in [1.82, 2.24) is 5.32 Å². The second kappa shape index (κ2) is 5.33. The molecule has 0 aliphatic carbocycles. The fourth-order valence-electron chi connectivity index (χ4n) is 1.52. The Morgan fingerprint density at radius 2 is 2.35 bits per heavy atom. The molecule has 1 aliphatic rings. The Labute approximate surface area is 109 Å². The number of halogens is 1. The highest BCUT2D eigenvalue weighted by atomic mass is 35.5. The van der Waals surface area contributed by atoms with Gasteiger partial charge in [-0.2, -0.15) is 0 Å². The van der Waals surface area contributed by atoms with Crippen molar-refractivity contribution < 1.29 is 9.53 Å². The average Bonchev–Trinajstić information content (AvgIpc) is 2.64. The maximum Gasteiger partial charge on any atom is 0.328 e. The zero-order chi connectivity index (χ0) is 12.3. The van der Waals surface area contributed by atoms with Crippen LogP contribution in [0.5, 0.6) is 0 Å². The Kier molecular flexibility index (Phi) is 3.81. The molecular formula is C11H11ClN2O2S. The lowest BCUT2D eigenvalue weighted by Gasteiger charge is -2.13. The van der Waals surface area contributed by atoms with Gasteiger partial charge in [0.25, 0.3) is 0 Å². The molecule has 17 heavy (non-hydrogen) atoms. The Morgan fingerprint density at radius 3 is 3.00 bits per heavy atom. The molecule has 0 saturated carbocycles. The molecule has 4 nitrogen and oxygen atoms in total. The molecule has 0 aromatic heterocycles. The summed E-state index contributed by atoms with van der Waals surface area (Å²) < 4.78 is 4.83. The number of esters is 1. The maximum absolute atomic E-state index is 11.2. The van der Waals surface area contributed by atoms with Gasteiger partial charge in [-0.3, -0.25) is 0 Å². The van der Waals surface area contributed by atoms with Crippen molar-refractivity contribution in [2.75, 3.05) is 11.9 Å². The Hall–Kier alpha value is -1.33. The fraction of sp³-hybridized carbons (Fsp3) is 0.273. The molecule has 1 aromatic rings. The van der Waals surface area contributed by atoms with Gasteiger partial charge in [0.15, 0.2) is 5.11 Å². The van der Waals surface area contributed by atoms with E-state index in [1.54, 1.807) is 12.1 Å². The lowest BCUT2D eigenvalue weighted by molar-refractivity contribution is -0.139. The van der Waals surface area contributed by atoms with Crippen LogP contribution in [0.4, 0.5) is 5.69 Å². The highest BCUT2D eigenvalue weighted by molar-refractivity contribution is 7.80. The van der Waals surface area contributed by atoms with E-state index < -0.39 is 0 Å². The van der Waals surface area contributed by atoms with Gasteiger partial charge in [-0.25, -0.2) is 4.79 Å². The van der Waals surface area contributed by atoms with E-state index in [-0.39, 0.29) is 12.0 Å². The predicted octanol–water partition coefficient (Wildman–Crippen LogP) is 1.94. The SMILES string of the molecule is O=C1OCCC1NC(=S)Nc1cccc(Cl)c1. The van der Waals surface area contributed by atoms with Crippen molar-refractivity contribution >= 4 is 40.6 Å². The van der Waals surface area contributed by atoms with Crippen LogP contribution in [0.15, 0.2) is 24.3 Å². The Balaban J connectivity index is 1.91. The summed E-state index contributed by atoms with van der Waals surface area (Å²) in [6.45, 7) is 0.441. The smallest absolute Gasteiger partial charge is 0.328 e. The van der Waals surface area contributed by atoms with Crippen LogP contribution >= 0.6 is 23.8 Å². The number of hydrogen-bond donors (Lipinski definition) is 2. The highest BCUT2D eigenvalue weighted by Gasteiger charge is 2.26. The Morgan fingerprint density at radius 1 is 1.53 bits per heavy atom. The molecular weight excluding hydrogens is 260 g/mol. The van der Waals surface area contributed by atoms with Crippen molar-refractivity contribution in [1.29, 1.82) is 0 Å². The van der Waals surface area contributed by atoms with E-state index in [0.29, 0.717) is 23.2 Å². The lowest BCUT2D eigenvalue weighted by atomic mass is 10.2.